The van der Waals surface area contributed by atoms with Crippen LogP contribution in [0.25, 0.3) is 0 Å². The van der Waals surface area contributed by atoms with E-state index < -0.39 is 0 Å². The summed E-state index contributed by atoms with van der Waals surface area (Å²) >= 11 is 0. The van der Waals surface area contributed by atoms with Crippen molar-refractivity contribution in [3.63, 3.8) is 0 Å². The fraction of sp³-hybridized carbons (Fsp3) is 0.818. The molecule has 0 aromatic heterocycles. The fourth-order valence-corrected chi connectivity index (χ4v) is 2.50. The van der Waals surface area contributed by atoms with E-state index in [1.165, 1.54) is 45.1 Å². The Kier molecular flexibility index (Phi) is 2.50. The Hall–Kier alpha value is -0.300. The van der Waals surface area contributed by atoms with Crippen LogP contribution in [0.1, 0.15) is 45.4 Å². The molecule has 1 aliphatic heterocycles. The van der Waals surface area contributed by atoms with Crippen molar-refractivity contribution >= 4 is 0 Å². The Morgan fingerprint density at radius 1 is 1.25 bits per heavy atom. The maximum absolute atomic E-state index is 3.58. The Morgan fingerprint density at radius 3 is 2.58 bits per heavy atom. The second-order valence-corrected chi connectivity index (χ2v) is 4.14. The summed E-state index contributed by atoms with van der Waals surface area (Å²) in [5.41, 5.74) is 3.43. The van der Waals surface area contributed by atoms with E-state index in [0.29, 0.717) is 0 Å². The summed E-state index contributed by atoms with van der Waals surface area (Å²) in [4.78, 5) is 0. The summed E-state index contributed by atoms with van der Waals surface area (Å²) in [6.07, 6.45) is 8.36. The fourth-order valence-electron chi connectivity index (χ4n) is 2.50. The molecule has 2 aliphatic rings. The predicted octanol–water partition coefficient (Wildman–Crippen LogP) is 2.63. The Morgan fingerprint density at radius 2 is 2.00 bits per heavy atom. The third kappa shape index (κ3) is 1.56. The van der Waals surface area contributed by atoms with Crippen molar-refractivity contribution in [3.05, 3.63) is 11.1 Å². The molecule has 0 spiro atoms. The molecule has 1 saturated carbocycles. The van der Waals surface area contributed by atoms with Crippen molar-refractivity contribution in [3.8, 4) is 0 Å². The van der Waals surface area contributed by atoms with E-state index in [0.717, 1.165) is 6.04 Å². The van der Waals surface area contributed by atoms with Gasteiger partial charge < -0.3 is 5.32 Å². The summed E-state index contributed by atoms with van der Waals surface area (Å²) in [5.74, 6) is 0. The number of hydrogen-bond donors (Lipinski definition) is 1. The van der Waals surface area contributed by atoms with E-state index in [2.05, 4.69) is 12.2 Å². The minimum atomic E-state index is 0.734. The van der Waals surface area contributed by atoms with Gasteiger partial charge in [-0.3, -0.25) is 0 Å². The lowest BCUT2D eigenvalue weighted by Gasteiger charge is -2.13. The molecule has 0 bridgehead atoms. The highest BCUT2D eigenvalue weighted by molar-refractivity contribution is 5.21. The monoisotopic (exact) mass is 165 g/mol. The summed E-state index contributed by atoms with van der Waals surface area (Å²) in [7, 11) is 0. The molecule has 2 fully saturated rings. The molecule has 1 saturated heterocycles. The van der Waals surface area contributed by atoms with Gasteiger partial charge in [0.2, 0.25) is 0 Å². The Balaban J connectivity index is 2.05. The molecule has 0 radical (unpaired) electrons. The average molecular weight is 165 g/mol. The Bertz CT molecular complexity index is 179. The van der Waals surface area contributed by atoms with Crippen LogP contribution in [0.5, 0.6) is 0 Å². The summed E-state index contributed by atoms with van der Waals surface area (Å²) < 4.78 is 0. The minimum absolute atomic E-state index is 0.734. The third-order valence-electron chi connectivity index (χ3n) is 3.35. The summed E-state index contributed by atoms with van der Waals surface area (Å²) in [6.45, 7) is 3.57. The molecule has 0 aromatic carbocycles. The first-order valence-electron chi connectivity index (χ1n) is 5.30. The van der Waals surface area contributed by atoms with Crippen LogP contribution in [0, 0.1) is 0 Å². The van der Waals surface area contributed by atoms with Crippen LogP contribution in [0.4, 0.5) is 0 Å². The van der Waals surface area contributed by atoms with Gasteiger partial charge in [0.15, 0.2) is 0 Å². The molecule has 1 atom stereocenters. The third-order valence-corrected chi connectivity index (χ3v) is 3.35. The molecule has 12 heavy (non-hydrogen) atoms. The maximum Gasteiger partial charge on any atom is 0.0279 e. The highest BCUT2D eigenvalue weighted by atomic mass is 14.9. The van der Waals surface area contributed by atoms with Gasteiger partial charge in [0.1, 0.15) is 0 Å². The zero-order valence-corrected chi connectivity index (χ0v) is 8.03. The molecule has 0 aromatic rings. The standard InChI is InChI=1S/C11H19N/c1-9(10-5-2-3-6-10)11-7-4-8-12-11/h11-12H,2-8H2,1H3. The van der Waals surface area contributed by atoms with Gasteiger partial charge >= 0.3 is 0 Å². The van der Waals surface area contributed by atoms with E-state index in [-0.39, 0.29) is 0 Å². The van der Waals surface area contributed by atoms with Crippen LogP contribution in [0.3, 0.4) is 0 Å². The van der Waals surface area contributed by atoms with Gasteiger partial charge in [-0.2, -0.15) is 0 Å². The second-order valence-electron chi connectivity index (χ2n) is 4.14. The molecule has 1 heterocycles. The first-order chi connectivity index (χ1) is 5.88. The highest BCUT2D eigenvalue weighted by Crippen LogP contribution is 2.29. The van der Waals surface area contributed by atoms with Gasteiger partial charge in [0.05, 0.1) is 0 Å². The first kappa shape index (κ1) is 8.31. The molecular formula is C11H19N. The van der Waals surface area contributed by atoms with E-state index in [1.54, 1.807) is 11.1 Å². The smallest absolute Gasteiger partial charge is 0.0279 e. The lowest BCUT2D eigenvalue weighted by molar-refractivity contribution is 0.677. The lowest BCUT2D eigenvalue weighted by atomic mass is 10.00. The van der Waals surface area contributed by atoms with Gasteiger partial charge in [-0.1, -0.05) is 11.1 Å². The highest BCUT2D eigenvalue weighted by Gasteiger charge is 2.19. The SMILES string of the molecule is CC(=C1CCCC1)C1CCCN1. The van der Waals surface area contributed by atoms with Crippen molar-refractivity contribution in [1.29, 1.82) is 0 Å². The minimum Gasteiger partial charge on any atom is -0.310 e. The second kappa shape index (κ2) is 3.61. The summed E-state index contributed by atoms with van der Waals surface area (Å²) in [5, 5.41) is 3.58. The molecule has 1 unspecified atom stereocenters. The Labute approximate surface area is 75.2 Å². The maximum atomic E-state index is 3.58. The summed E-state index contributed by atoms with van der Waals surface area (Å²) in [6, 6.07) is 0.734. The van der Waals surface area contributed by atoms with Crippen LogP contribution in [0.2, 0.25) is 0 Å². The van der Waals surface area contributed by atoms with Gasteiger partial charge in [0, 0.05) is 6.04 Å². The molecule has 1 aliphatic carbocycles. The molecule has 0 amide bonds. The van der Waals surface area contributed by atoms with Crippen molar-refractivity contribution in [2.24, 2.45) is 0 Å². The number of allylic oxidation sites excluding steroid dienone is 1. The van der Waals surface area contributed by atoms with Gasteiger partial charge in [0.25, 0.3) is 0 Å². The molecule has 1 N–H and O–H groups in total. The van der Waals surface area contributed by atoms with Crippen molar-refractivity contribution in [2.75, 3.05) is 6.54 Å². The average Bonchev–Trinajstić information content (AvgIpc) is 2.77. The quantitative estimate of drug-likeness (QED) is 0.589. The van der Waals surface area contributed by atoms with Crippen molar-refractivity contribution in [2.45, 2.75) is 51.5 Å². The molecular weight excluding hydrogens is 146 g/mol. The van der Waals surface area contributed by atoms with Crippen LogP contribution in [0.15, 0.2) is 11.1 Å². The van der Waals surface area contributed by atoms with Gasteiger partial charge in [-0.25, -0.2) is 0 Å². The number of hydrogen-bond acceptors (Lipinski definition) is 1. The van der Waals surface area contributed by atoms with Crippen molar-refractivity contribution < 1.29 is 0 Å². The molecule has 1 nitrogen and oxygen atoms in total. The molecule has 68 valence electrons. The lowest BCUT2D eigenvalue weighted by Crippen LogP contribution is -2.23. The zero-order chi connectivity index (χ0) is 8.39. The molecule has 2 rings (SSSR count). The van der Waals surface area contributed by atoms with E-state index in [1.807, 2.05) is 0 Å². The van der Waals surface area contributed by atoms with Crippen molar-refractivity contribution in [1.82, 2.24) is 5.32 Å². The normalized spacial score (nSPS) is 29.8. The van der Waals surface area contributed by atoms with E-state index in [9.17, 15) is 0 Å². The predicted molar refractivity (Wildman–Crippen MR) is 52.2 cm³/mol. The van der Waals surface area contributed by atoms with Crippen LogP contribution in [-0.2, 0) is 0 Å². The number of nitrogens with one attached hydrogen (secondary N) is 1. The van der Waals surface area contributed by atoms with Crippen LogP contribution in [-0.4, -0.2) is 12.6 Å². The zero-order valence-electron chi connectivity index (χ0n) is 8.03. The van der Waals surface area contributed by atoms with E-state index in [4.69, 9.17) is 0 Å². The molecule has 1 heteroatoms. The number of rotatable bonds is 1. The largest absolute Gasteiger partial charge is 0.310 e. The van der Waals surface area contributed by atoms with E-state index >= 15 is 0 Å². The van der Waals surface area contributed by atoms with Gasteiger partial charge in [-0.05, 0) is 52.0 Å². The first-order valence-corrected chi connectivity index (χ1v) is 5.30. The van der Waals surface area contributed by atoms with Crippen LogP contribution >= 0.6 is 0 Å². The van der Waals surface area contributed by atoms with Crippen LogP contribution < -0.4 is 5.32 Å². The van der Waals surface area contributed by atoms with Gasteiger partial charge in [-0.15, -0.1) is 0 Å². The topological polar surface area (TPSA) is 12.0 Å².